The van der Waals surface area contributed by atoms with Crippen LogP contribution < -0.4 is 10.6 Å². The van der Waals surface area contributed by atoms with Crippen molar-refractivity contribution in [2.24, 2.45) is 5.92 Å². The maximum atomic E-state index is 13.8. The summed E-state index contributed by atoms with van der Waals surface area (Å²) in [4.78, 5) is 41.5. The van der Waals surface area contributed by atoms with Crippen LogP contribution in [0.4, 0.5) is 4.79 Å². The summed E-state index contributed by atoms with van der Waals surface area (Å²) in [6.07, 6.45) is 1.98. The van der Waals surface area contributed by atoms with Crippen molar-refractivity contribution < 1.29 is 19.1 Å². The average molecular weight is 474 g/mol. The number of hydrogen-bond acceptors (Lipinski definition) is 4. The number of benzene rings is 1. The Kier molecular flexibility index (Phi) is 9.15. The highest BCUT2D eigenvalue weighted by Crippen LogP contribution is 2.41. The lowest BCUT2D eigenvalue weighted by atomic mass is 9.94. The molecule has 5 unspecified atom stereocenters. The summed E-state index contributed by atoms with van der Waals surface area (Å²) in [6.45, 7) is 17.1. The summed E-state index contributed by atoms with van der Waals surface area (Å²) in [6, 6.07) is 4.18. The number of rotatable bonds is 9. The van der Waals surface area contributed by atoms with Gasteiger partial charge in [-0.05, 0) is 83.9 Å². The molecule has 0 spiro atoms. The van der Waals surface area contributed by atoms with Crippen LogP contribution in [0.1, 0.15) is 90.5 Å². The van der Waals surface area contributed by atoms with E-state index in [0.717, 1.165) is 36.0 Å². The zero-order valence-electron chi connectivity index (χ0n) is 22.3. The van der Waals surface area contributed by atoms with Crippen molar-refractivity contribution in [3.63, 3.8) is 0 Å². The predicted octanol–water partition coefficient (Wildman–Crippen LogP) is 4.80. The molecule has 1 aliphatic carbocycles. The van der Waals surface area contributed by atoms with Crippen LogP contribution in [-0.2, 0) is 14.3 Å². The number of carbonyl (C=O) groups is 3. The molecule has 0 aromatic heterocycles. The molecule has 0 heterocycles. The first-order valence-electron chi connectivity index (χ1n) is 12.4. The topological polar surface area (TPSA) is 87.7 Å². The highest BCUT2D eigenvalue weighted by Gasteiger charge is 2.48. The number of nitrogens with one attached hydrogen (secondary N) is 2. The van der Waals surface area contributed by atoms with Crippen LogP contribution in [0.5, 0.6) is 0 Å². The van der Waals surface area contributed by atoms with Crippen LogP contribution in [0.15, 0.2) is 18.2 Å². The lowest BCUT2D eigenvalue weighted by Crippen LogP contribution is -2.53. The fourth-order valence-electron chi connectivity index (χ4n) is 4.26. The van der Waals surface area contributed by atoms with Crippen LogP contribution in [-0.4, -0.2) is 46.5 Å². The van der Waals surface area contributed by atoms with Crippen molar-refractivity contribution in [1.82, 2.24) is 15.5 Å². The number of amides is 3. The molecular formula is C27H43N3O4. The first kappa shape index (κ1) is 27.7. The van der Waals surface area contributed by atoms with Crippen LogP contribution >= 0.6 is 0 Å². The minimum Gasteiger partial charge on any atom is -0.444 e. The van der Waals surface area contributed by atoms with E-state index >= 15 is 0 Å². The zero-order chi connectivity index (χ0) is 25.8. The van der Waals surface area contributed by atoms with Gasteiger partial charge in [0.25, 0.3) is 0 Å². The van der Waals surface area contributed by atoms with E-state index < -0.39 is 23.8 Å². The third-order valence-electron chi connectivity index (χ3n) is 6.36. The largest absolute Gasteiger partial charge is 0.444 e. The minimum absolute atomic E-state index is 0.00370. The molecule has 1 aromatic carbocycles. The molecule has 5 atom stereocenters. The second-order valence-electron chi connectivity index (χ2n) is 10.8. The first-order chi connectivity index (χ1) is 15.8. The number of carbonyl (C=O) groups excluding carboxylic acids is 3. The van der Waals surface area contributed by atoms with E-state index in [4.69, 9.17) is 4.74 Å². The van der Waals surface area contributed by atoms with Crippen molar-refractivity contribution in [3.8, 4) is 0 Å². The van der Waals surface area contributed by atoms with E-state index in [2.05, 4.69) is 24.5 Å². The average Bonchev–Trinajstić information content (AvgIpc) is 3.42. The Morgan fingerprint density at radius 2 is 1.76 bits per heavy atom. The lowest BCUT2D eigenvalue weighted by molar-refractivity contribution is -0.143. The van der Waals surface area contributed by atoms with Crippen LogP contribution in [0.25, 0.3) is 0 Å². The summed E-state index contributed by atoms with van der Waals surface area (Å²) in [5, 5.41) is 5.79. The third kappa shape index (κ3) is 7.21. The summed E-state index contributed by atoms with van der Waals surface area (Å²) in [7, 11) is 0. The minimum atomic E-state index is -0.837. The number of nitrogens with zero attached hydrogens (tertiary/aromatic N) is 1. The van der Waals surface area contributed by atoms with Gasteiger partial charge in [-0.2, -0.15) is 0 Å². The van der Waals surface area contributed by atoms with Crippen molar-refractivity contribution in [2.75, 3.05) is 0 Å². The molecule has 3 amide bonds. The number of alkyl carbamates (subject to hydrolysis) is 1. The zero-order valence-corrected chi connectivity index (χ0v) is 22.3. The first-order valence-corrected chi connectivity index (χ1v) is 12.4. The smallest absolute Gasteiger partial charge is 0.408 e. The monoisotopic (exact) mass is 473 g/mol. The fraction of sp³-hybridized carbons (Fsp3) is 0.667. The summed E-state index contributed by atoms with van der Waals surface area (Å²) in [5.74, 6) is -0.192. The van der Waals surface area contributed by atoms with Gasteiger partial charge < -0.3 is 20.3 Å². The van der Waals surface area contributed by atoms with E-state index in [1.165, 1.54) is 0 Å². The Labute approximate surface area is 205 Å². The van der Waals surface area contributed by atoms with Crippen molar-refractivity contribution in [1.29, 1.82) is 0 Å². The molecule has 1 fully saturated rings. The highest BCUT2D eigenvalue weighted by atomic mass is 16.6. The van der Waals surface area contributed by atoms with Crippen molar-refractivity contribution in [3.05, 3.63) is 34.9 Å². The highest BCUT2D eigenvalue weighted by molar-refractivity contribution is 5.92. The van der Waals surface area contributed by atoms with E-state index in [0.29, 0.717) is 0 Å². The Morgan fingerprint density at radius 1 is 1.15 bits per heavy atom. The molecular weight excluding hydrogens is 430 g/mol. The van der Waals surface area contributed by atoms with Gasteiger partial charge in [0.2, 0.25) is 11.8 Å². The standard InChI is InChI=1S/C27H43N3O4/c1-10-12-18(4)28-24(31)23(21-14-11-13-16(2)19(21)5)30(22-15-17(22)3)25(32)20(6)29-26(33)34-27(7,8)9/h11,13-14,17-18,20,22-23H,10,12,15H2,1-9H3,(H,28,31)(H,29,33). The Bertz CT molecular complexity index is 892. The van der Waals surface area contributed by atoms with Gasteiger partial charge in [-0.3, -0.25) is 9.59 Å². The predicted molar refractivity (Wildman–Crippen MR) is 134 cm³/mol. The Hall–Kier alpha value is -2.57. The number of hydrogen-bond donors (Lipinski definition) is 2. The molecule has 0 radical (unpaired) electrons. The lowest BCUT2D eigenvalue weighted by Gasteiger charge is -2.35. The Balaban J connectivity index is 2.43. The van der Waals surface area contributed by atoms with Gasteiger partial charge in [0.15, 0.2) is 0 Å². The molecule has 1 saturated carbocycles. The third-order valence-corrected chi connectivity index (χ3v) is 6.36. The van der Waals surface area contributed by atoms with Gasteiger partial charge in [-0.15, -0.1) is 0 Å². The number of aryl methyl sites for hydroxylation is 1. The second kappa shape index (κ2) is 11.2. The van der Waals surface area contributed by atoms with E-state index in [1.807, 2.05) is 39.0 Å². The molecule has 7 nitrogen and oxygen atoms in total. The van der Waals surface area contributed by atoms with Gasteiger partial charge in [-0.1, -0.05) is 38.5 Å². The van der Waals surface area contributed by atoms with Crippen molar-refractivity contribution >= 4 is 17.9 Å². The molecule has 190 valence electrons. The normalized spacial score (nSPS) is 20.0. The molecule has 0 aliphatic heterocycles. The van der Waals surface area contributed by atoms with Crippen molar-refractivity contribution in [2.45, 2.75) is 111 Å². The van der Waals surface area contributed by atoms with Gasteiger partial charge in [0.05, 0.1) is 0 Å². The van der Waals surface area contributed by atoms with E-state index in [1.54, 1.807) is 32.6 Å². The van der Waals surface area contributed by atoms with Crippen LogP contribution in [0.3, 0.4) is 0 Å². The molecule has 1 aromatic rings. The maximum absolute atomic E-state index is 13.8. The fourth-order valence-corrected chi connectivity index (χ4v) is 4.26. The molecule has 2 rings (SSSR count). The van der Waals surface area contributed by atoms with E-state index in [9.17, 15) is 14.4 Å². The van der Waals surface area contributed by atoms with Gasteiger partial charge in [-0.25, -0.2) is 4.79 Å². The quantitative estimate of drug-likeness (QED) is 0.539. The second-order valence-corrected chi connectivity index (χ2v) is 10.8. The Morgan fingerprint density at radius 3 is 2.29 bits per heavy atom. The van der Waals surface area contributed by atoms with Gasteiger partial charge in [0, 0.05) is 12.1 Å². The van der Waals surface area contributed by atoms with Gasteiger partial charge >= 0.3 is 6.09 Å². The molecule has 34 heavy (non-hydrogen) atoms. The summed E-state index contributed by atoms with van der Waals surface area (Å²) < 4.78 is 5.34. The van der Waals surface area contributed by atoms with Gasteiger partial charge in [0.1, 0.15) is 17.7 Å². The molecule has 1 aliphatic rings. The van der Waals surface area contributed by atoms with E-state index in [-0.39, 0.29) is 29.8 Å². The van der Waals surface area contributed by atoms with Crippen LogP contribution in [0, 0.1) is 19.8 Å². The maximum Gasteiger partial charge on any atom is 0.408 e. The molecule has 0 bridgehead atoms. The number of ether oxygens (including phenoxy) is 1. The molecule has 7 heteroatoms. The SMILES string of the molecule is CCCC(C)NC(=O)C(c1cccc(C)c1C)N(C(=O)C(C)NC(=O)OC(C)(C)C)C1CC1C. The molecule has 2 N–H and O–H groups in total. The summed E-state index contributed by atoms with van der Waals surface area (Å²) in [5.41, 5.74) is 2.20. The van der Waals surface area contributed by atoms with Crippen LogP contribution in [0.2, 0.25) is 0 Å². The molecule has 0 saturated heterocycles. The summed E-state index contributed by atoms with van der Waals surface area (Å²) >= 11 is 0.